The third-order valence-corrected chi connectivity index (χ3v) is 2.72. The maximum absolute atomic E-state index is 11.2. The van der Waals surface area contributed by atoms with Crippen LogP contribution < -0.4 is 15.4 Å². The Morgan fingerprint density at radius 2 is 2.05 bits per heavy atom. The number of pyridine rings is 1. The van der Waals surface area contributed by atoms with Crippen molar-refractivity contribution in [2.75, 3.05) is 13.7 Å². The lowest BCUT2D eigenvalue weighted by atomic mass is 10.1. The summed E-state index contributed by atoms with van der Waals surface area (Å²) in [6.07, 6.45) is 0.344. The molecule has 1 heterocycles. The largest absolute Gasteiger partial charge is 0.491 e. The maximum atomic E-state index is 11.2. The van der Waals surface area contributed by atoms with Crippen LogP contribution in [-0.2, 0) is 11.3 Å². The molecule has 0 bridgehead atoms. The van der Waals surface area contributed by atoms with Crippen LogP contribution in [0.25, 0.3) is 0 Å². The number of carbonyl (C=O) groups excluding carboxylic acids is 1. The van der Waals surface area contributed by atoms with Gasteiger partial charge in [0.2, 0.25) is 5.91 Å². The van der Waals surface area contributed by atoms with Crippen LogP contribution in [0.5, 0.6) is 5.75 Å². The van der Waals surface area contributed by atoms with Gasteiger partial charge in [0.1, 0.15) is 5.75 Å². The number of nitrogens with zero attached hydrogens (tertiary/aromatic N) is 1. The van der Waals surface area contributed by atoms with Crippen LogP contribution in [0.4, 0.5) is 0 Å². The summed E-state index contributed by atoms with van der Waals surface area (Å²) in [5.41, 5.74) is 1.84. The van der Waals surface area contributed by atoms with Gasteiger partial charge in [0.25, 0.3) is 0 Å². The Bertz CT molecular complexity index is 453. The minimum atomic E-state index is -0.0283. The number of ether oxygens (including phenoxy) is 1. The van der Waals surface area contributed by atoms with E-state index in [1.54, 1.807) is 7.05 Å². The Labute approximate surface area is 121 Å². The Balaban J connectivity index is 2.67. The molecule has 5 nitrogen and oxygen atoms in total. The van der Waals surface area contributed by atoms with Crippen molar-refractivity contribution in [3.05, 3.63) is 23.5 Å². The normalized spacial score (nSPS) is 11.2. The molecule has 0 radical (unpaired) electrons. The second kappa shape index (κ2) is 7.24. The van der Waals surface area contributed by atoms with E-state index in [9.17, 15) is 4.79 Å². The lowest BCUT2D eigenvalue weighted by Crippen LogP contribution is -2.35. The Kier molecular flexibility index (Phi) is 5.95. The molecule has 0 fully saturated rings. The molecular weight excluding hydrogens is 254 g/mol. The Morgan fingerprint density at radius 3 is 2.65 bits per heavy atom. The highest BCUT2D eigenvalue weighted by Gasteiger charge is 2.12. The molecule has 0 spiro atoms. The molecule has 112 valence electrons. The van der Waals surface area contributed by atoms with E-state index < -0.39 is 0 Å². The lowest BCUT2D eigenvalue weighted by Gasteiger charge is -2.21. The molecular formula is C15H25N3O2. The minimum Gasteiger partial charge on any atom is -0.491 e. The van der Waals surface area contributed by atoms with Crippen molar-refractivity contribution in [1.29, 1.82) is 0 Å². The van der Waals surface area contributed by atoms with Gasteiger partial charge in [-0.3, -0.25) is 9.78 Å². The summed E-state index contributed by atoms with van der Waals surface area (Å²) < 4.78 is 5.67. The van der Waals surface area contributed by atoms with Gasteiger partial charge in [-0.25, -0.2) is 0 Å². The van der Waals surface area contributed by atoms with E-state index >= 15 is 0 Å². The van der Waals surface area contributed by atoms with Crippen molar-refractivity contribution in [1.82, 2.24) is 15.6 Å². The summed E-state index contributed by atoms with van der Waals surface area (Å²) in [4.78, 5) is 15.7. The second-order valence-corrected chi connectivity index (χ2v) is 5.77. The van der Waals surface area contributed by atoms with Crippen molar-refractivity contribution in [3.63, 3.8) is 0 Å². The van der Waals surface area contributed by atoms with Crippen LogP contribution in [-0.4, -0.2) is 30.1 Å². The number of carbonyl (C=O) groups is 1. The third kappa shape index (κ3) is 6.02. The first-order chi connectivity index (χ1) is 9.31. The molecule has 0 unspecified atom stereocenters. The second-order valence-electron chi connectivity index (χ2n) is 5.77. The molecule has 1 aromatic heterocycles. The molecule has 0 aromatic carbocycles. The fourth-order valence-corrected chi connectivity index (χ4v) is 1.58. The van der Waals surface area contributed by atoms with Crippen molar-refractivity contribution in [2.45, 2.75) is 46.2 Å². The summed E-state index contributed by atoms with van der Waals surface area (Å²) in [5, 5.41) is 5.97. The molecule has 1 amide bonds. The molecule has 0 saturated heterocycles. The molecule has 1 rings (SSSR count). The Morgan fingerprint density at radius 1 is 1.35 bits per heavy atom. The van der Waals surface area contributed by atoms with Gasteiger partial charge in [0.15, 0.2) is 0 Å². The molecule has 1 aromatic rings. The quantitative estimate of drug-likeness (QED) is 0.833. The molecule has 20 heavy (non-hydrogen) atoms. The lowest BCUT2D eigenvalue weighted by molar-refractivity contribution is -0.121. The van der Waals surface area contributed by atoms with Gasteiger partial charge in [-0.05, 0) is 39.8 Å². The highest BCUT2D eigenvalue weighted by Crippen LogP contribution is 2.18. The topological polar surface area (TPSA) is 63.2 Å². The van der Waals surface area contributed by atoms with Crippen LogP contribution in [0.1, 0.15) is 38.6 Å². The van der Waals surface area contributed by atoms with Crippen LogP contribution >= 0.6 is 0 Å². The molecule has 0 saturated carbocycles. The fraction of sp³-hybridized carbons (Fsp3) is 0.600. The first-order valence-corrected chi connectivity index (χ1v) is 6.87. The van der Waals surface area contributed by atoms with E-state index in [0.29, 0.717) is 19.6 Å². The highest BCUT2D eigenvalue weighted by atomic mass is 16.5. The molecule has 5 heteroatoms. The molecule has 0 atom stereocenters. The van der Waals surface area contributed by atoms with E-state index in [0.717, 1.165) is 17.1 Å². The van der Waals surface area contributed by atoms with E-state index in [1.807, 2.05) is 19.1 Å². The average molecular weight is 279 g/mol. The number of aromatic nitrogens is 1. The summed E-state index contributed by atoms with van der Waals surface area (Å²) >= 11 is 0. The zero-order valence-corrected chi connectivity index (χ0v) is 13.0. The van der Waals surface area contributed by atoms with Gasteiger partial charge >= 0.3 is 0 Å². The van der Waals surface area contributed by atoms with Gasteiger partial charge in [-0.2, -0.15) is 0 Å². The molecule has 0 aliphatic heterocycles. The number of amides is 1. The van der Waals surface area contributed by atoms with Crippen LogP contribution in [0.15, 0.2) is 12.1 Å². The van der Waals surface area contributed by atoms with Gasteiger partial charge < -0.3 is 15.4 Å². The van der Waals surface area contributed by atoms with Gasteiger partial charge in [-0.15, -0.1) is 0 Å². The molecule has 0 aliphatic carbocycles. The minimum absolute atomic E-state index is 0.0186. The SMILES string of the molecule is CNC(=O)CCOc1ccc(C)nc1CNC(C)(C)C. The van der Waals surface area contributed by atoms with E-state index in [-0.39, 0.29) is 11.4 Å². The predicted molar refractivity (Wildman–Crippen MR) is 79.7 cm³/mol. The summed E-state index contributed by atoms with van der Waals surface area (Å²) in [6.45, 7) is 9.26. The zero-order valence-electron chi connectivity index (χ0n) is 13.0. The zero-order chi connectivity index (χ0) is 15.2. The smallest absolute Gasteiger partial charge is 0.223 e. The first kappa shape index (κ1) is 16.4. The average Bonchev–Trinajstić information content (AvgIpc) is 2.37. The van der Waals surface area contributed by atoms with Gasteiger partial charge in [0.05, 0.1) is 18.7 Å². The number of hydrogen-bond acceptors (Lipinski definition) is 4. The molecule has 2 N–H and O–H groups in total. The Hall–Kier alpha value is -1.62. The summed E-state index contributed by atoms with van der Waals surface area (Å²) in [6, 6.07) is 3.82. The van der Waals surface area contributed by atoms with Crippen LogP contribution in [0.2, 0.25) is 0 Å². The standard InChI is InChI=1S/C15H25N3O2/c1-11-6-7-13(20-9-8-14(19)16-5)12(18-11)10-17-15(2,3)4/h6-7,17H,8-10H2,1-5H3,(H,16,19). The summed E-state index contributed by atoms with van der Waals surface area (Å²) in [7, 11) is 1.62. The number of aryl methyl sites for hydroxylation is 1. The number of rotatable bonds is 6. The fourth-order valence-electron chi connectivity index (χ4n) is 1.58. The van der Waals surface area contributed by atoms with Crippen LogP contribution in [0, 0.1) is 6.92 Å². The van der Waals surface area contributed by atoms with Crippen molar-refractivity contribution in [2.24, 2.45) is 0 Å². The molecule has 0 aliphatic rings. The van der Waals surface area contributed by atoms with Crippen LogP contribution in [0.3, 0.4) is 0 Å². The van der Waals surface area contributed by atoms with Crippen molar-refractivity contribution in [3.8, 4) is 5.75 Å². The van der Waals surface area contributed by atoms with E-state index in [1.165, 1.54) is 0 Å². The maximum Gasteiger partial charge on any atom is 0.223 e. The highest BCUT2D eigenvalue weighted by molar-refractivity contribution is 5.75. The van der Waals surface area contributed by atoms with E-state index in [2.05, 4.69) is 36.4 Å². The van der Waals surface area contributed by atoms with Crippen molar-refractivity contribution >= 4 is 5.91 Å². The predicted octanol–water partition coefficient (Wildman–Crippen LogP) is 1.79. The van der Waals surface area contributed by atoms with Crippen molar-refractivity contribution < 1.29 is 9.53 Å². The summed E-state index contributed by atoms with van der Waals surface area (Å²) in [5.74, 6) is 0.704. The van der Waals surface area contributed by atoms with E-state index in [4.69, 9.17) is 4.74 Å². The van der Waals surface area contributed by atoms with Gasteiger partial charge in [0, 0.05) is 24.8 Å². The van der Waals surface area contributed by atoms with Gasteiger partial charge in [-0.1, -0.05) is 0 Å². The number of nitrogens with one attached hydrogen (secondary N) is 2. The monoisotopic (exact) mass is 279 g/mol. The number of hydrogen-bond donors (Lipinski definition) is 2. The first-order valence-electron chi connectivity index (χ1n) is 6.87. The third-order valence-electron chi connectivity index (χ3n) is 2.72.